The number of rotatable bonds is 2. The van der Waals surface area contributed by atoms with E-state index in [0.29, 0.717) is 0 Å². The molecule has 2 aliphatic heterocycles. The summed E-state index contributed by atoms with van der Waals surface area (Å²) in [7, 11) is 4.27. The highest BCUT2D eigenvalue weighted by atomic mass is 32.1. The van der Waals surface area contributed by atoms with Crippen LogP contribution in [0.25, 0.3) is 0 Å². The van der Waals surface area contributed by atoms with Crippen molar-refractivity contribution in [2.45, 2.75) is 38.5 Å². The lowest BCUT2D eigenvalue weighted by Gasteiger charge is -2.26. The Kier molecular flexibility index (Phi) is 4.27. The fraction of sp³-hybridized carbons (Fsp3) is 0.320. The minimum atomic E-state index is -0.0615. The molecule has 2 nitrogen and oxygen atoms in total. The predicted molar refractivity (Wildman–Crippen MR) is 125 cm³/mol. The highest BCUT2D eigenvalue weighted by Gasteiger charge is 2.40. The van der Waals surface area contributed by atoms with Gasteiger partial charge in [0.2, 0.25) is 0 Å². The molecule has 0 unspecified atom stereocenters. The topological polar surface area (TPSA) is 6.48 Å². The first-order chi connectivity index (χ1) is 13.2. The normalized spacial score (nSPS) is 21.9. The number of para-hydroxylation sites is 2. The average molecular weight is 389 g/mol. The molecule has 2 aliphatic rings. The molecule has 0 N–H and O–H groups in total. The minimum Gasteiger partial charge on any atom is -0.347 e. The highest BCUT2D eigenvalue weighted by Crippen LogP contribution is 2.48. The molecule has 2 aromatic rings. The number of thiocarbonyl (C=S) groups is 1. The van der Waals surface area contributed by atoms with Crippen molar-refractivity contribution in [1.82, 2.24) is 0 Å². The van der Waals surface area contributed by atoms with Crippen molar-refractivity contribution in [1.29, 1.82) is 0 Å². The van der Waals surface area contributed by atoms with E-state index < -0.39 is 0 Å². The van der Waals surface area contributed by atoms with Crippen molar-refractivity contribution < 1.29 is 0 Å². The molecule has 0 fully saturated rings. The van der Waals surface area contributed by atoms with Gasteiger partial charge in [-0.2, -0.15) is 0 Å². The molecule has 0 radical (unpaired) electrons. The van der Waals surface area contributed by atoms with Gasteiger partial charge in [0.15, 0.2) is 0 Å². The third kappa shape index (κ3) is 2.64. The van der Waals surface area contributed by atoms with Crippen LogP contribution >= 0.6 is 12.2 Å². The second kappa shape index (κ2) is 6.31. The number of nitrogens with zero attached hydrogens (tertiary/aromatic N) is 2. The van der Waals surface area contributed by atoms with E-state index in [4.69, 9.17) is 12.2 Å². The van der Waals surface area contributed by atoms with Crippen LogP contribution in [-0.4, -0.2) is 19.0 Å². The molecule has 0 aromatic heterocycles. The monoisotopic (exact) mass is 388 g/mol. The van der Waals surface area contributed by atoms with Gasteiger partial charge in [-0.05, 0) is 35.4 Å². The first-order valence-electron chi connectivity index (χ1n) is 9.80. The van der Waals surface area contributed by atoms with Crippen LogP contribution in [0.2, 0.25) is 0 Å². The van der Waals surface area contributed by atoms with Gasteiger partial charge in [-0.1, -0.05) is 76.3 Å². The van der Waals surface area contributed by atoms with Gasteiger partial charge in [0, 0.05) is 52.6 Å². The second-order valence-corrected chi connectivity index (χ2v) is 9.34. The molecular formula is C25H28N2S. The van der Waals surface area contributed by atoms with Crippen LogP contribution in [0, 0.1) is 0 Å². The van der Waals surface area contributed by atoms with Crippen LogP contribution in [0.3, 0.4) is 0 Å². The number of benzene rings is 2. The van der Waals surface area contributed by atoms with Crippen LogP contribution in [-0.2, 0) is 10.8 Å². The summed E-state index contributed by atoms with van der Waals surface area (Å²) in [6.07, 6.45) is 4.35. The molecule has 0 aliphatic carbocycles. The van der Waals surface area contributed by atoms with Crippen LogP contribution in [0.15, 0.2) is 72.1 Å². The first-order valence-corrected chi connectivity index (χ1v) is 10.2. The van der Waals surface area contributed by atoms with E-state index in [1.54, 1.807) is 0 Å². The standard InChI is InChI=1S/C25H28N2S/c1-24(2)18-11-7-9-13-20(18)26(5)22(24)15-17(28)16-23-25(3,4)19-12-8-10-14-21(19)27(23)6/h7-16H,1-6H3. The number of allylic oxidation sites excluding steroid dienone is 4. The van der Waals surface area contributed by atoms with Gasteiger partial charge >= 0.3 is 0 Å². The fourth-order valence-electron chi connectivity index (χ4n) is 4.83. The molecule has 2 aromatic carbocycles. The van der Waals surface area contributed by atoms with Crippen molar-refractivity contribution in [3.8, 4) is 0 Å². The highest BCUT2D eigenvalue weighted by molar-refractivity contribution is 7.81. The van der Waals surface area contributed by atoms with Gasteiger partial charge in [-0.15, -0.1) is 0 Å². The zero-order valence-electron chi connectivity index (χ0n) is 17.6. The molecule has 0 bridgehead atoms. The Labute approximate surface area is 174 Å². The van der Waals surface area contributed by atoms with Crippen LogP contribution < -0.4 is 9.80 Å². The van der Waals surface area contributed by atoms with Crippen molar-refractivity contribution >= 4 is 28.5 Å². The summed E-state index contributed by atoms with van der Waals surface area (Å²) >= 11 is 5.85. The molecule has 0 saturated carbocycles. The summed E-state index contributed by atoms with van der Waals surface area (Å²) in [5, 5.41) is 0. The van der Waals surface area contributed by atoms with Crippen molar-refractivity contribution in [3.05, 3.63) is 83.2 Å². The number of fused-ring (bicyclic) bond motifs is 2. The van der Waals surface area contributed by atoms with Gasteiger partial charge in [0.25, 0.3) is 0 Å². The summed E-state index contributed by atoms with van der Waals surface area (Å²) in [6, 6.07) is 17.2. The largest absolute Gasteiger partial charge is 0.347 e. The first kappa shape index (κ1) is 18.9. The summed E-state index contributed by atoms with van der Waals surface area (Å²) < 4.78 is 0. The van der Waals surface area contributed by atoms with Gasteiger partial charge in [-0.3, -0.25) is 0 Å². The Balaban J connectivity index is 1.72. The average Bonchev–Trinajstić information content (AvgIpc) is 2.98. The summed E-state index contributed by atoms with van der Waals surface area (Å²) in [6.45, 7) is 9.10. The second-order valence-electron chi connectivity index (χ2n) is 8.86. The third-order valence-electron chi connectivity index (χ3n) is 6.44. The molecule has 0 spiro atoms. The van der Waals surface area contributed by atoms with E-state index in [-0.39, 0.29) is 10.8 Å². The number of hydrogen-bond donors (Lipinski definition) is 0. The lowest BCUT2D eigenvalue weighted by atomic mass is 9.82. The number of anilines is 2. The molecule has 2 heterocycles. The van der Waals surface area contributed by atoms with Crippen LogP contribution in [0.1, 0.15) is 38.8 Å². The maximum absolute atomic E-state index is 5.85. The zero-order chi connectivity index (χ0) is 20.3. The molecule has 0 saturated heterocycles. The van der Waals surface area contributed by atoms with Crippen molar-refractivity contribution in [2.75, 3.05) is 23.9 Å². The van der Waals surface area contributed by atoms with E-state index in [2.05, 4.69) is 112 Å². The number of hydrogen-bond acceptors (Lipinski definition) is 3. The maximum Gasteiger partial charge on any atom is 0.0447 e. The Morgan fingerprint density at radius 3 is 1.43 bits per heavy atom. The Morgan fingerprint density at radius 1 is 0.714 bits per heavy atom. The molecule has 28 heavy (non-hydrogen) atoms. The third-order valence-corrected chi connectivity index (χ3v) is 6.67. The summed E-state index contributed by atoms with van der Waals surface area (Å²) in [5.74, 6) is 0. The van der Waals surface area contributed by atoms with Crippen molar-refractivity contribution in [2.24, 2.45) is 0 Å². The molecular weight excluding hydrogens is 360 g/mol. The predicted octanol–water partition coefficient (Wildman–Crippen LogP) is 5.98. The van der Waals surface area contributed by atoms with E-state index >= 15 is 0 Å². The van der Waals surface area contributed by atoms with E-state index in [0.717, 1.165) is 4.86 Å². The summed E-state index contributed by atoms with van der Waals surface area (Å²) in [5.41, 5.74) is 7.59. The van der Waals surface area contributed by atoms with Crippen LogP contribution in [0.5, 0.6) is 0 Å². The molecule has 0 amide bonds. The Hall–Kier alpha value is -2.39. The molecule has 3 heteroatoms. The minimum absolute atomic E-state index is 0.0615. The van der Waals surface area contributed by atoms with Gasteiger partial charge < -0.3 is 9.80 Å². The van der Waals surface area contributed by atoms with Gasteiger partial charge in [-0.25, -0.2) is 0 Å². The number of likely N-dealkylation sites (N-methyl/N-ethyl adjacent to an activating group) is 2. The fourth-order valence-corrected chi connectivity index (χ4v) is 5.05. The van der Waals surface area contributed by atoms with Gasteiger partial charge in [0.1, 0.15) is 0 Å². The van der Waals surface area contributed by atoms with Crippen LogP contribution in [0.4, 0.5) is 11.4 Å². The molecule has 0 atom stereocenters. The summed E-state index contributed by atoms with van der Waals surface area (Å²) in [4.78, 5) is 5.42. The smallest absolute Gasteiger partial charge is 0.0447 e. The zero-order valence-corrected chi connectivity index (χ0v) is 18.4. The SMILES string of the molecule is CN1C(=CC(=S)C=C2N(C)c3ccccc3C2(C)C)C(C)(C)c2ccccc21. The molecule has 4 rings (SSSR count). The lowest BCUT2D eigenvalue weighted by Crippen LogP contribution is -2.25. The van der Waals surface area contributed by atoms with Crippen molar-refractivity contribution in [3.63, 3.8) is 0 Å². The quantitative estimate of drug-likeness (QED) is 0.462. The van der Waals surface area contributed by atoms with E-state index in [1.807, 2.05) is 0 Å². The maximum atomic E-state index is 5.85. The Bertz CT molecular complexity index is 945. The van der Waals surface area contributed by atoms with E-state index in [9.17, 15) is 0 Å². The lowest BCUT2D eigenvalue weighted by molar-refractivity contribution is 0.639. The Morgan fingerprint density at radius 2 is 1.07 bits per heavy atom. The van der Waals surface area contributed by atoms with Gasteiger partial charge in [0.05, 0.1) is 0 Å². The van der Waals surface area contributed by atoms with E-state index in [1.165, 1.54) is 33.9 Å². The molecule has 144 valence electrons.